The van der Waals surface area contributed by atoms with Crippen molar-refractivity contribution >= 4 is 27.9 Å². The Kier molecular flexibility index (Phi) is 3.24. The summed E-state index contributed by atoms with van der Waals surface area (Å²) in [5.74, 6) is 0.346. The van der Waals surface area contributed by atoms with E-state index >= 15 is 0 Å². The van der Waals surface area contributed by atoms with Gasteiger partial charge in [-0.3, -0.25) is 4.79 Å². The van der Waals surface area contributed by atoms with Crippen LogP contribution in [-0.2, 0) is 6.54 Å². The second kappa shape index (κ2) is 4.83. The molecule has 7 nitrogen and oxygen atoms in total. The zero-order chi connectivity index (χ0) is 12.3. The number of nitrogens with two attached hydrogens (primary N) is 1. The molecule has 0 aliphatic heterocycles. The monoisotopic (exact) mass is 253 g/mol. The Morgan fingerprint density at radius 2 is 2.47 bits per heavy atom. The summed E-state index contributed by atoms with van der Waals surface area (Å²) in [5, 5.41) is 10.0. The van der Waals surface area contributed by atoms with Crippen molar-refractivity contribution in [2.24, 2.45) is 0 Å². The molecule has 2 heterocycles. The number of nitrogens with zero attached hydrogens (tertiary/aromatic N) is 2. The summed E-state index contributed by atoms with van der Waals surface area (Å²) in [6, 6.07) is 1.70. The smallest absolute Gasteiger partial charge is 0.263 e. The maximum absolute atomic E-state index is 11.4. The van der Waals surface area contributed by atoms with Crippen molar-refractivity contribution in [3.05, 3.63) is 23.2 Å². The molecule has 2 rings (SSSR count). The molecule has 8 heteroatoms. The summed E-state index contributed by atoms with van der Waals surface area (Å²) in [5.41, 5.74) is 6.18. The predicted molar refractivity (Wildman–Crippen MR) is 63.7 cm³/mol. The lowest BCUT2D eigenvalue weighted by Crippen LogP contribution is -2.17. The molecule has 4 N–H and O–H groups in total. The van der Waals surface area contributed by atoms with Crippen LogP contribution >= 0.6 is 11.3 Å². The average molecular weight is 253 g/mol. The molecule has 0 spiro atoms. The molecule has 0 unspecified atom stereocenters. The first-order valence-corrected chi connectivity index (χ1v) is 5.63. The second-order valence-corrected chi connectivity index (χ2v) is 4.23. The first kappa shape index (κ1) is 11.4. The van der Waals surface area contributed by atoms with Crippen molar-refractivity contribution in [1.82, 2.24) is 15.5 Å². The van der Waals surface area contributed by atoms with Crippen LogP contribution in [0, 0.1) is 0 Å². The zero-order valence-corrected chi connectivity index (χ0v) is 9.87. The summed E-state index contributed by atoms with van der Waals surface area (Å²) in [7, 11) is 1.56. The van der Waals surface area contributed by atoms with Crippen LogP contribution in [0.25, 0.3) is 0 Å². The third-order valence-corrected chi connectivity index (χ3v) is 3.13. The van der Waals surface area contributed by atoms with Crippen molar-refractivity contribution in [3.8, 4) is 0 Å². The van der Waals surface area contributed by atoms with Gasteiger partial charge in [0.25, 0.3) is 5.91 Å². The number of carbonyl (C=O) groups excluding carboxylic acids is 1. The molecule has 0 saturated carbocycles. The average Bonchev–Trinajstić information content (AvgIpc) is 2.94. The molecule has 0 aromatic carbocycles. The number of aromatic nitrogens is 2. The molecular formula is C9H11N5O2S. The largest absolute Gasteiger partial charge is 0.397 e. The van der Waals surface area contributed by atoms with Crippen molar-refractivity contribution in [3.63, 3.8) is 0 Å². The quantitative estimate of drug-likeness (QED) is 0.740. The lowest BCUT2D eigenvalue weighted by molar-refractivity contribution is 0.0968. The van der Waals surface area contributed by atoms with Crippen LogP contribution in [0.3, 0.4) is 0 Å². The molecule has 0 saturated heterocycles. The zero-order valence-electron chi connectivity index (χ0n) is 9.06. The fourth-order valence-electron chi connectivity index (χ4n) is 1.22. The highest BCUT2D eigenvalue weighted by Crippen LogP contribution is 2.29. The third-order valence-electron chi connectivity index (χ3n) is 2.02. The first-order chi connectivity index (χ1) is 8.20. The molecular weight excluding hydrogens is 242 g/mol. The van der Waals surface area contributed by atoms with Gasteiger partial charge in [0.1, 0.15) is 4.88 Å². The Hall–Kier alpha value is -2.09. The number of carbonyl (C=O) groups is 1. The van der Waals surface area contributed by atoms with Gasteiger partial charge in [-0.05, 0) is 6.07 Å². The van der Waals surface area contributed by atoms with Crippen LogP contribution in [0.5, 0.6) is 0 Å². The van der Waals surface area contributed by atoms with Gasteiger partial charge in [-0.1, -0.05) is 5.16 Å². The standard InChI is InChI=1S/C9H11N5O2S/c1-11-9(15)8-5(10)2-7(17-8)12-3-6-13-4-16-14-6/h2,4,12H,3,10H2,1H3,(H,11,15). The topological polar surface area (TPSA) is 106 Å². The Bertz CT molecular complexity index is 507. The fraction of sp³-hybridized carbons (Fsp3) is 0.222. The molecule has 0 radical (unpaired) electrons. The van der Waals surface area contributed by atoms with Crippen LogP contribution in [0.2, 0.25) is 0 Å². The number of thiophene rings is 1. The Labute approximate surface area is 101 Å². The summed E-state index contributed by atoms with van der Waals surface area (Å²) < 4.78 is 4.60. The number of anilines is 2. The number of nitrogen functional groups attached to an aromatic ring is 1. The summed E-state index contributed by atoms with van der Waals surface area (Å²) in [6.45, 7) is 0.420. The normalized spacial score (nSPS) is 10.2. The van der Waals surface area contributed by atoms with E-state index in [1.54, 1.807) is 13.1 Å². The SMILES string of the molecule is CNC(=O)c1sc(NCc2ncon2)cc1N. The van der Waals surface area contributed by atoms with Crippen molar-refractivity contribution < 1.29 is 9.32 Å². The molecule has 0 bridgehead atoms. The summed E-state index contributed by atoms with van der Waals surface area (Å²) in [6.07, 6.45) is 1.26. The molecule has 90 valence electrons. The van der Waals surface area contributed by atoms with Gasteiger partial charge in [0.05, 0.1) is 17.2 Å². The number of rotatable bonds is 4. The van der Waals surface area contributed by atoms with Gasteiger partial charge in [-0.15, -0.1) is 11.3 Å². The maximum atomic E-state index is 11.4. The van der Waals surface area contributed by atoms with E-state index in [-0.39, 0.29) is 5.91 Å². The molecule has 0 fully saturated rings. The van der Waals surface area contributed by atoms with E-state index < -0.39 is 0 Å². The van der Waals surface area contributed by atoms with Crippen LogP contribution in [0.4, 0.5) is 10.7 Å². The van der Waals surface area contributed by atoms with Gasteiger partial charge in [0, 0.05) is 7.05 Å². The van der Waals surface area contributed by atoms with Gasteiger partial charge < -0.3 is 20.9 Å². The van der Waals surface area contributed by atoms with Crippen molar-refractivity contribution in [2.75, 3.05) is 18.1 Å². The van der Waals surface area contributed by atoms with E-state index in [1.807, 2.05) is 0 Å². The molecule has 2 aromatic heterocycles. The minimum Gasteiger partial charge on any atom is -0.397 e. The highest BCUT2D eigenvalue weighted by Gasteiger charge is 2.13. The molecule has 2 aromatic rings. The van der Waals surface area contributed by atoms with Crippen molar-refractivity contribution in [2.45, 2.75) is 6.54 Å². The highest BCUT2D eigenvalue weighted by atomic mass is 32.1. The van der Waals surface area contributed by atoms with Crippen LogP contribution in [0.15, 0.2) is 17.0 Å². The van der Waals surface area contributed by atoms with Crippen LogP contribution in [0.1, 0.15) is 15.5 Å². The van der Waals surface area contributed by atoms with Crippen molar-refractivity contribution in [1.29, 1.82) is 0 Å². The number of hydrogen-bond acceptors (Lipinski definition) is 7. The van der Waals surface area contributed by atoms with Gasteiger partial charge in [-0.25, -0.2) is 0 Å². The minimum absolute atomic E-state index is 0.194. The predicted octanol–water partition coefficient (Wildman–Crippen LogP) is 0.685. The van der Waals surface area contributed by atoms with Gasteiger partial charge in [-0.2, -0.15) is 4.98 Å². The Morgan fingerprint density at radius 3 is 3.12 bits per heavy atom. The maximum Gasteiger partial charge on any atom is 0.263 e. The van der Waals surface area contributed by atoms with Gasteiger partial charge >= 0.3 is 0 Å². The van der Waals surface area contributed by atoms with Gasteiger partial charge in [0.2, 0.25) is 6.39 Å². The van der Waals surface area contributed by atoms with E-state index in [0.717, 1.165) is 5.00 Å². The van der Waals surface area contributed by atoms with E-state index in [4.69, 9.17) is 5.73 Å². The first-order valence-electron chi connectivity index (χ1n) is 4.81. The van der Waals surface area contributed by atoms with Gasteiger partial charge in [0.15, 0.2) is 5.82 Å². The lowest BCUT2D eigenvalue weighted by atomic mass is 10.4. The van der Waals surface area contributed by atoms with Crippen LogP contribution < -0.4 is 16.4 Å². The number of nitrogens with one attached hydrogen (secondary N) is 2. The second-order valence-electron chi connectivity index (χ2n) is 3.18. The summed E-state index contributed by atoms with van der Waals surface area (Å²) in [4.78, 5) is 15.8. The lowest BCUT2D eigenvalue weighted by Gasteiger charge is -1.97. The molecule has 1 amide bonds. The molecule has 17 heavy (non-hydrogen) atoms. The highest BCUT2D eigenvalue weighted by molar-refractivity contribution is 7.18. The van der Waals surface area contributed by atoms with E-state index in [2.05, 4.69) is 25.3 Å². The molecule has 0 aliphatic carbocycles. The number of hydrogen-bond donors (Lipinski definition) is 3. The minimum atomic E-state index is -0.194. The molecule has 0 atom stereocenters. The summed E-state index contributed by atoms with van der Waals surface area (Å²) >= 11 is 1.28. The fourth-order valence-corrected chi connectivity index (χ4v) is 2.14. The molecule has 0 aliphatic rings. The third kappa shape index (κ3) is 2.53. The van der Waals surface area contributed by atoms with E-state index in [1.165, 1.54) is 17.7 Å². The van der Waals surface area contributed by atoms with Crippen LogP contribution in [-0.4, -0.2) is 23.1 Å². The Morgan fingerprint density at radius 1 is 1.65 bits per heavy atom. The Balaban J connectivity index is 2.05. The van der Waals surface area contributed by atoms with E-state index in [0.29, 0.717) is 22.9 Å². The van der Waals surface area contributed by atoms with E-state index in [9.17, 15) is 4.79 Å². The number of amides is 1.